The predicted molar refractivity (Wildman–Crippen MR) is 66.4 cm³/mol. The minimum Gasteiger partial charge on any atom is -0.480 e. The largest absolute Gasteiger partial charge is 0.480 e. The van der Waals surface area contributed by atoms with Crippen LogP contribution >= 0.6 is 0 Å². The van der Waals surface area contributed by atoms with Gasteiger partial charge in [-0.05, 0) is 18.1 Å². The van der Waals surface area contributed by atoms with Gasteiger partial charge >= 0.3 is 5.97 Å². The lowest BCUT2D eigenvalue weighted by atomic mass is 10.1. The third-order valence-electron chi connectivity index (χ3n) is 2.55. The first-order valence-electron chi connectivity index (χ1n) is 5.91. The number of carboxylic acid groups (broad SMARTS) is 1. The van der Waals surface area contributed by atoms with E-state index in [1.807, 2.05) is 31.2 Å². The number of rotatable bonds is 6. The molecule has 0 saturated heterocycles. The lowest BCUT2D eigenvalue weighted by molar-refractivity contribution is -0.142. The molecule has 0 saturated carbocycles. The van der Waals surface area contributed by atoms with Crippen molar-refractivity contribution < 1.29 is 19.1 Å². The molecule has 0 aliphatic heterocycles. The van der Waals surface area contributed by atoms with E-state index in [-0.39, 0.29) is 19.1 Å². The van der Waals surface area contributed by atoms with Gasteiger partial charge in [-0.25, -0.2) is 4.79 Å². The summed E-state index contributed by atoms with van der Waals surface area (Å²) in [6.45, 7) is 1.66. The number of nitrogens with zero attached hydrogens (tertiary/aromatic N) is 2. The Hall–Kier alpha value is -2.21. The van der Waals surface area contributed by atoms with Gasteiger partial charge in [-0.15, -0.1) is 10.2 Å². The van der Waals surface area contributed by atoms with Gasteiger partial charge in [0, 0.05) is 5.56 Å². The fourth-order valence-corrected chi connectivity index (χ4v) is 1.68. The molecule has 6 heteroatoms. The van der Waals surface area contributed by atoms with Crippen LogP contribution in [0, 0.1) is 0 Å². The molecule has 1 aromatic heterocycles. The highest BCUT2D eigenvalue weighted by molar-refractivity contribution is 5.68. The molecule has 0 amide bonds. The monoisotopic (exact) mass is 262 g/mol. The highest BCUT2D eigenvalue weighted by Crippen LogP contribution is 2.22. The smallest absolute Gasteiger partial charge is 0.329 e. The normalized spacial score (nSPS) is 10.6. The van der Waals surface area contributed by atoms with Gasteiger partial charge in [0.2, 0.25) is 11.8 Å². The second-order valence-corrected chi connectivity index (χ2v) is 3.90. The Kier molecular flexibility index (Phi) is 4.25. The number of hydrogen-bond donors (Lipinski definition) is 1. The molecule has 0 aliphatic carbocycles. The Balaban J connectivity index is 2.10. The summed E-state index contributed by atoms with van der Waals surface area (Å²) in [5.41, 5.74) is 2.01. The van der Waals surface area contributed by atoms with Crippen LogP contribution in [-0.4, -0.2) is 27.9 Å². The summed E-state index contributed by atoms with van der Waals surface area (Å²) in [6, 6.07) is 7.77. The average molecular weight is 262 g/mol. The van der Waals surface area contributed by atoms with E-state index in [9.17, 15) is 4.79 Å². The summed E-state index contributed by atoms with van der Waals surface area (Å²) < 4.78 is 10.3. The van der Waals surface area contributed by atoms with Crippen molar-refractivity contribution in [3.05, 3.63) is 35.7 Å². The maximum absolute atomic E-state index is 10.3. The number of carbonyl (C=O) groups is 1. The van der Waals surface area contributed by atoms with E-state index in [2.05, 4.69) is 10.2 Å². The van der Waals surface area contributed by atoms with E-state index in [1.54, 1.807) is 0 Å². The molecule has 1 N–H and O–H groups in total. The number of carboxylic acids is 1. The third-order valence-corrected chi connectivity index (χ3v) is 2.55. The van der Waals surface area contributed by atoms with Crippen LogP contribution < -0.4 is 0 Å². The Morgan fingerprint density at radius 1 is 1.37 bits per heavy atom. The minimum atomic E-state index is -1.03. The lowest BCUT2D eigenvalue weighted by Gasteiger charge is -2.02. The Labute approximate surface area is 110 Å². The number of hydrogen-bond acceptors (Lipinski definition) is 5. The second-order valence-electron chi connectivity index (χ2n) is 3.90. The first-order valence-corrected chi connectivity index (χ1v) is 5.91. The molecule has 19 heavy (non-hydrogen) atoms. The molecule has 2 aromatic rings. The van der Waals surface area contributed by atoms with Crippen molar-refractivity contribution >= 4 is 5.97 Å². The summed E-state index contributed by atoms with van der Waals surface area (Å²) in [5, 5.41) is 16.2. The van der Waals surface area contributed by atoms with Gasteiger partial charge in [0.05, 0.1) is 0 Å². The predicted octanol–water partition coefficient (Wildman–Crippen LogP) is 1.90. The SMILES string of the molecule is CCc1ccccc1-c1nnc(COCC(=O)O)o1. The zero-order valence-corrected chi connectivity index (χ0v) is 10.5. The van der Waals surface area contributed by atoms with Gasteiger partial charge in [0.25, 0.3) is 0 Å². The summed E-state index contributed by atoms with van der Waals surface area (Å²) >= 11 is 0. The van der Waals surface area contributed by atoms with Crippen LogP contribution in [0.15, 0.2) is 28.7 Å². The molecular weight excluding hydrogens is 248 g/mol. The summed E-state index contributed by atoms with van der Waals surface area (Å²) in [4.78, 5) is 10.3. The quantitative estimate of drug-likeness (QED) is 0.855. The van der Waals surface area contributed by atoms with Gasteiger partial charge in [0.15, 0.2) is 0 Å². The van der Waals surface area contributed by atoms with Gasteiger partial charge in [-0.2, -0.15) is 0 Å². The first kappa shape index (κ1) is 13.2. The molecule has 100 valence electrons. The number of aromatic nitrogens is 2. The molecular formula is C13H14N2O4. The van der Waals surface area contributed by atoms with Crippen molar-refractivity contribution in [2.24, 2.45) is 0 Å². The zero-order chi connectivity index (χ0) is 13.7. The van der Waals surface area contributed by atoms with Crippen LogP contribution in [0.3, 0.4) is 0 Å². The molecule has 0 bridgehead atoms. The third kappa shape index (κ3) is 3.38. The Bertz CT molecular complexity index is 565. The van der Waals surface area contributed by atoms with Crippen molar-refractivity contribution in [2.75, 3.05) is 6.61 Å². The molecule has 1 aromatic carbocycles. The lowest BCUT2D eigenvalue weighted by Crippen LogP contribution is -2.06. The van der Waals surface area contributed by atoms with Crippen molar-refractivity contribution in [1.82, 2.24) is 10.2 Å². The molecule has 0 fully saturated rings. The number of benzene rings is 1. The van der Waals surface area contributed by atoms with E-state index < -0.39 is 5.97 Å². The van der Waals surface area contributed by atoms with Gasteiger partial charge < -0.3 is 14.3 Å². The number of ether oxygens (including phenoxy) is 1. The van der Waals surface area contributed by atoms with Gasteiger partial charge in [-0.1, -0.05) is 25.1 Å². The van der Waals surface area contributed by atoms with Crippen LogP contribution in [-0.2, 0) is 22.6 Å². The van der Waals surface area contributed by atoms with Crippen molar-refractivity contribution in [3.8, 4) is 11.5 Å². The molecule has 0 atom stereocenters. The van der Waals surface area contributed by atoms with Crippen LogP contribution in [0.4, 0.5) is 0 Å². The van der Waals surface area contributed by atoms with Crippen molar-refractivity contribution in [1.29, 1.82) is 0 Å². The summed E-state index contributed by atoms with van der Waals surface area (Å²) in [7, 11) is 0. The Morgan fingerprint density at radius 2 is 2.16 bits per heavy atom. The fraction of sp³-hybridized carbons (Fsp3) is 0.308. The molecule has 0 unspecified atom stereocenters. The second kappa shape index (κ2) is 6.10. The standard InChI is InChI=1S/C13H14N2O4/c1-2-9-5-3-4-6-10(9)13-15-14-11(19-13)7-18-8-12(16)17/h3-6H,2,7-8H2,1H3,(H,16,17). The fourth-order valence-electron chi connectivity index (χ4n) is 1.68. The molecule has 1 heterocycles. The minimum absolute atomic E-state index is 0.00636. The highest BCUT2D eigenvalue weighted by atomic mass is 16.5. The molecule has 0 aliphatic rings. The maximum atomic E-state index is 10.3. The topological polar surface area (TPSA) is 85.5 Å². The van der Waals surface area contributed by atoms with Crippen molar-refractivity contribution in [3.63, 3.8) is 0 Å². The van der Waals surface area contributed by atoms with Gasteiger partial charge in [-0.3, -0.25) is 0 Å². The van der Waals surface area contributed by atoms with Crippen LogP contribution in [0.2, 0.25) is 0 Å². The highest BCUT2D eigenvalue weighted by Gasteiger charge is 2.11. The molecule has 6 nitrogen and oxygen atoms in total. The number of aryl methyl sites for hydroxylation is 1. The molecule has 0 spiro atoms. The van der Waals surface area contributed by atoms with E-state index in [4.69, 9.17) is 14.3 Å². The zero-order valence-electron chi connectivity index (χ0n) is 10.5. The first-order chi connectivity index (χ1) is 9.20. The van der Waals surface area contributed by atoms with Crippen molar-refractivity contribution in [2.45, 2.75) is 20.0 Å². The number of aliphatic carboxylic acids is 1. The van der Waals surface area contributed by atoms with Crippen LogP contribution in [0.1, 0.15) is 18.4 Å². The van der Waals surface area contributed by atoms with E-state index in [0.29, 0.717) is 5.89 Å². The van der Waals surface area contributed by atoms with Gasteiger partial charge in [0.1, 0.15) is 13.2 Å². The van der Waals surface area contributed by atoms with Crippen LogP contribution in [0.5, 0.6) is 0 Å². The summed E-state index contributed by atoms with van der Waals surface area (Å²) in [6.07, 6.45) is 0.864. The van der Waals surface area contributed by atoms with Crippen LogP contribution in [0.25, 0.3) is 11.5 Å². The van der Waals surface area contributed by atoms with E-state index >= 15 is 0 Å². The average Bonchev–Trinajstić information content (AvgIpc) is 2.87. The maximum Gasteiger partial charge on any atom is 0.329 e. The molecule has 2 rings (SSSR count). The van der Waals surface area contributed by atoms with E-state index in [1.165, 1.54) is 0 Å². The molecule has 0 radical (unpaired) electrons. The summed E-state index contributed by atoms with van der Waals surface area (Å²) in [5.74, 6) is -0.343. The Morgan fingerprint density at radius 3 is 2.89 bits per heavy atom. The van der Waals surface area contributed by atoms with E-state index in [0.717, 1.165) is 17.5 Å².